The van der Waals surface area contributed by atoms with E-state index < -0.39 is 0 Å². The third-order valence-corrected chi connectivity index (χ3v) is 2.30. The summed E-state index contributed by atoms with van der Waals surface area (Å²) in [7, 11) is 0. The molecule has 62 valence electrons. The summed E-state index contributed by atoms with van der Waals surface area (Å²) in [6.07, 6.45) is 1.63. The molecule has 0 unspecified atom stereocenters. The van der Waals surface area contributed by atoms with Crippen LogP contribution in [0.25, 0.3) is 11.0 Å². The highest BCUT2D eigenvalue weighted by atomic mass is 35.5. The van der Waals surface area contributed by atoms with Gasteiger partial charge in [-0.1, -0.05) is 34.8 Å². The number of aromatic nitrogens is 2. The Balaban J connectivity index is 2.93. The molecule has 0 aliphatic carbocycles. The molecule has 0 radical (unpaired) electrons. The van der Waals surface area contributed by atoms with Crippen LogP contribution >= 0.6 is 34.8 Å². The molecule has 0 saturated carbocycles. The molecule has 5 heteroatoms. The van der Waals surface area contributed by atoms with Crippen molar-refractivity contribution in [3.8, 4) is 0 Å². The van der Waals surface area contributed by atoms with Gasteiger partial charge in [0.15, 0.2) is 0 Å². The lowest BCUT2D eigenvalue weighted by atomic mass is 10.3. The van der Waals surface area contributed by atoms with Crippen molar-refractivity contribution in [2.24, 2.45) is 0 Å². The third kappa shape index (κ3) is 1.16. The van der Waals surface area contributed by atoms with Crippen LogP contribution in [0, 0.1) is 0 Å². The van der Waals surface area contributed by atoms with Crippen LogP contribution in [0.2, 0.25) is 15.2 Å². The number of nitrogens with zero attached hydrogens (tertiary/aromatic N) is 1. The fourth-order valence-corrected chi connectivity index (χ4v) is 1.86. The third-order valence-electron chi connectivity index (χ3n) is 1.51. The number of pyridine rings is 1. The van der Waals surface area contributed by atoms with Crippen molar-refractivity contribution in [3.63, 3.8) is 0 Å². The molecular weight excluding hydrogens is 218 g/mol. The van der Waals surface area contributed by atoms with Crippen molar-refractivity contribution in [1.82, 2.24) is 9.97 Å². The predicted octanol–water partition coefficient (Wildman–Crippen LogP) is 3.52. The molecule has 2 rings (SSSR count). The monoisotopic (exact) mass is 220 g/mol. The van der Waals surface area contributed by atoms with E-state index in [1.54, 1.807) is 12.3 Å². The SMILES string of the molecule is Clc1cc(Cl)c2c(Cl)c[nH]c2n1. The molecule has 2 aromatic heterocycles. The van der Waals surface area contributed by atoms with Gasteiger partial charge in [-0.2, -0.15) is 0 Å². The summed E-state index contributed by atoms with van der Waals surface area (Å²) in [6.45, 7) is 0. The van der Waals surface area contributed by atoms with Gasteiger partial charge < -0.3 is 4.98 Å². The van der Waals surface area contributed by atoms with E-state index in [-0.39, 0.29) is 0 Å². The van der Waals surface area contributed by atoms with E-state index in [0.717, 1.165) is 0 Å². The Morgan fingerprint density at radius 2 is 1.92 bits per heavy atom. The first-order valence-corrected chi connectivity index (χ1v) is 4.30. The second kappa shape index (κ2) is 2.80. The van der Waals surface area contributed by atoms with Gasteiger partial charge in [-0.25, -0.2) is 4.98 Å². The summed E-state index contributed by atoms with van der Waals surface area (Å²) in [6, 6.07) is 1.56. The quantitative estimate of drug-likeness (QED) is 0.678. The Morgan fingerprint density at radius 3 is 2.67 bits per heavy atom. The van der Waals surface area contributed by atoms with E-state index in [4.69, 9.17) is 34.8 Å². The Bertz CT molecular complexity index is 435. The van der Waals surface area contributed by atoms with Crippen molar-refractivity contribution >= 4 is 45.8 Å². The molecule has 12 heavy (non-hydrogen) atoms. The fraction of sp³-hybridized carbons (Fsp3) is 0. The molecule has 2 nitrogen and oxygen atoms in total. The second-order valence-corrected chi connectivity index (χ2v) is 3.49. The standard InChI is InChI=1S/C7H3Cl3N2/c8-3-1-5(10)12-7-6(3)4(9)2-11-7/h1-2H,(H,11,12). The van der Waals surface area contributed by atoms with Gasteiger partial charge in [-0.05, 0) is 6.07 Å². The number of H-pyrrole nitrogens is 1. The summed E-state index contributed by atoms with van der Waals surface area (Å²) in [5, 5.41) is 2.13. The van der Waals surface area contributed by atoms with Gasteiger partial charge in [0.1, 0.15) is 10.8 Å². The normalized spacial score (nSPS) is 10.9. The average molecular weight is 221 g/mol. The molecule has 0 aliphatic rings. The fourth-order valence-electron chi connectivity index (χ4n) is 1.02. The highest BCUT2D eigenvalue weighted by molar-refractivity contribution is 6.43. The Labute approximate surface area is 83.5 Å². The predicted molar refractivity (Wildman–Crippen MR) is 51.1 cm³/mol. The van der Waals surface area contributed by atoms with Gasteiger partial charge in [0.05, 0.1) is 15.4 Å². The largest absolute Gasteiger partial charge is 0.345 e. The average Bonchev–Trinajstić information content (AvgIpc) is 2.31. The minimum absolute atomic E-state index is 0.353. The zero-order valence-electron chi connectivity index (χ0n) is 5.74. The Kier molecular flexibility index (Phi) is 1.91. The number of aromatic amines is 1. The Morgan fingerprint density at radius 1 is 1.17 bits per heavy atom. The smallest absolute Gasteiger partial charge is 0.142 e. The van der Waals surface area contributed by atoms with Crippen LogP contribution in [-0.2, 0) is 0 Å². The van der Waals surface area contributed by atoms with Crippen LogP contribution < -0.4 is 0 Å². The van der Waals surface area contributed by atoms with Crippen LogP contribution in [0.1, 0.15) is 0 Å². The highest BCUT2D eigenvalue weighted by Gasteiger charge is 2.07. The van der Waals surface area contributed by atoms with Gasteiger partial charge in [0.25, 0.3) is 0 Å². The molecule has 0 spiro atoms. The van der Waals surface area contributed by atoms with Crippen molar-refractivity contribution < 1.29 is 0 Å². The summed E-state index contributed by atoms with van der Waals surface area (Å²) in [5.74, 6) is 0. The first kappa shape index (κ1) is 8.17. The molecular formula is C7H3Cl3N2. The van der Waals surface area contributed by atoms with E-state index in [0.29, 0.717) is 26.2 Å². The number of hydrogen-bond acceptors (Lipinski definition) is 1. The maximum Gasteiger partial charge on any atom is 0.142 e. The maximum atomic E-state index is 5.88. The van der Waals surface area contributed by atoms with Crippen molar-refractivity contribution in [1.29, 1.82) is 0 Å². The lowest BCUT2D eigenvalue weighted by molar-refractivity contribution is 1.33. The molecule has 0 fully saturated rings. The van der Waals surface area contributed by atoms with Gasteiger partial charge in [-0.15, -0.1) is 0 Å². The van der Waals surface area contributed by atoms with Crippen LogP contribution in [-0.4, -0.2) is 9.97 Å². The molecule has 0 aromatic carbocycles. The lowest BCUT2D eigenvalue weighted by Gasteiger charge is -1.94. The zero-order valence-corrected chi connectivity index (χ0v) is 8.00. The molecule has 0 amide bonds. The van der Waals surface area contributed by atoms with E-state index in [9.17, 15) is 0 Å². The van der Waals surface area contributed by atoms with E-state index in [1.165, 1.54) is 0 Å². The minimum Gasteiger partial charge on any atom is -0.345 e. The van der Waals surface area contributed by atoms with Crippen molar-refractivity contribution in [3.05, 3.63) is 27.5 Å². The van der Waals surface area contributed by atoms with E-state index in [2.05, 4.69) is 9.97 Å². The molecule has 0 aliphatic heterocycles. The second-order valence-electron chi connectivity index (χ2n) is 2.29. The zero-order chi connectivity index (χ0) is 8.72. The van der Waals surface area contributed by atoms with Crippen LogP contribution in [0.5, 0.6) is 0 Å². The van der Waals surface area contributed by atoms with Gasteiger partial charge in [0, 0.05) is 6.20 Å². The van der Waals surface area contributed by atoms with Crippen LogP contribution in [0.4, 0.5) is 0 Å². The first-order valence-electron chi connectivity index (χ1n) is 3.17. The van der Waals surface area contributed by atoms with Crippen molar-refractivity contribution in [2.45, 2.75) is 0 Å². The minimum atomic E-state index is 0.353. The van der Waals surface area contributed by atoms with E-state index in [1.807, 2.05) is 0 Å². The lowest BCUT2D eigenvalue weighted by Crippen LogP contribution is -1.78. The number of nitrogens with one attached hydrogen (secondary N) is 1. The molecule has 1 N–H and O–H groups in total. The summed E-state index contributed by atoms with van der Waals surface area (Å²) >= 11 is 17.4. The molecule has 0 saturated heterocycles. The molecule has 0 bridgehead atoms. The van der Waals surface area contributed by atoms with Crippen molar-refractivity contribution in [2.75, 3.05) is 0 Å². The first-order chi connectivity index (χ1) is 5.68. The van der Waals surface area contributed by atoms with Gasteiger partial charge in [-0.3, -0.25) is 0 Å². The summed E-state index contributed by atoms with van der Waals surface area (Å²) in [5.41, 5.74) is 0.609. The van der Waals surface area contributed by atoms with Gasteiger partial charge in [0.2, 0.25) is 0 Å². The maximum absolute atomic E-state index is 5.88. The Hall–Kier alpha value is -0.440. The molecule has 2 heterocycles. The summed E-state index contributed by atoms with van der Waals surface area (Å²) in [4.78, 5) is 6.86. The number of fused-ring (bicyclic) bond motifs is 1. The number of halogens is 3. The van der Waals surface area contributed by atoms with E-state index >= 15 is 0 Å². The molecule has 0 atom stereocenters. The number of hydrogen-bond donors (Lipinski definition) is 1. The van der Waals surface area contributed by atoms with Crippen LogP contribution in [0.15, 0.2) is 12.3 Å². The summed E-state index contributed by atoms with van der Waals surface area (Å²) < 4.78 is 0. The number of rotatable bonds is 0. The van der Waals surface area contributed by atoms with Crippen LogP contribution in [0.3, 0.4) is 0 Å². The highest BCUT2D eigenvalue weighted by Crippen LogP contribution is 2.30. The van der Waals surface area contributed by atoms with Gasteiger partial charge >= 0.3 is 0 Å². The topological polar surface area (TPSA) is 28.7 Å². The molecule has 2 aromatic rings.